The van der Waals surface area contributed by atoms with Gasteiger partial charge in [0.25, 0.3) is 0 Å². The summed E-state index contributed by atoms with van der Waals surface area (Å²) < 4.78 is 0. The van der Waals surface area contributed by atoms with Gasteiger partial charge in [-0.25, -0.2) is 0 Å². The average Bonchev–Trinajstić information content (AvgIpc) is 2.59. The molecular weight excluding hydrogens is 164 g/mol. The van der Waals surface area contributed by atoms with Crippen LogP contribution < -0.4 is 0 Å². The lowest BCUT2D eigenvalue weighted by Gasteiger charge is -1.96. The largest absolute Gasteiger partial charge is 0.143 e. The molecule has 1 heteroatoms. The summed E-state index contributed by atoms with van der Waals surface area (Å²) in [6.07, 6.45) is 1.03. The Labute approximate surface area is 76.5 Å². The maximum Gasteiger partial charge on any atom is 0.0445 e. The van der Waals surface area contributed by atoms with E-state index in [1.54, 1.807) is 11.3 Å². The molecule has 59 valence electrons. The van der Waals surface area contributed by atoms with Gasteiger partial charge in [0.15, 0.2) is 0 Å². The van der Waals surface area contributed by atoms with Gasteiger partial charge < -0.3 is 0 Å². The van der Waals surface area contributed by atoms with Crippen LogP contribution in [0.4, 0.5) is 0 Å². The fourth-order valence-corrected chi connectivity index (χ4v) is 1.77. The standard InChI is InChI=1S/C11H9S/c1-2-4-10(5-3-1)8-11-6-7-12-9-11/h1-6,9H,8H2. The Hall–Kier alpha value is -1.08. The molecule has 1 aromatic heterocycles. The van der Waals surface area contributed by atoms with Gasteiger partial charge in [-0.1, -0.05) is 30.3 Å². The first-order valence-corrected chi connectivity index (χ1v) is 4.80. The summed E-state index contributed by atoms with van der Waals surface area (Å²) in [5, 5.41) is 5.24. The molecule has 0 saturated heterocycles. The van der Waals surface area contributed by atoms with E-state index in [0.717, 1.165) is 6.42 Å². The van der Waals surface area contributed by atoms with Crippen molar-refractivity contribution in [3.8, 4) is 0 Å². The number of rotatable bonds is 2. The molecule has 0 aliphatic heterocycles. The van der Waals surface area contributed by atoms with E-state index in [1.165, 1.54) is 11.1 Å². The second-order valence-corrected chi connectivity index (χ2v) is 3.44. The fraction of sp³-hybridized carbons (Fsp3) is 0.0909. The first kappa shape index (κ1) is 7.56. The molecule has 0 nitrogen and oxygen atoms in total. The van der Waals surface area contributed by atoms with Crippen LogP contribution in [0, 0.1) is 5.38 Å². The Morgan fingerprint density at radius 1 is 1.08 bits per heavy atom. The fourth-order valence-electron chi connectivity index (χ4n) is 1.18. The molecule has 0 amide bonds. The van der Waals surface area contributed by atoms with Gasteiger partial charge in [0.2, 0.25) is 0 Å². The lowest BCUT2D eigenvalue weighted by atomic mass is 10.1. The second-order valence-electron chi connectivity index (χ2n) is 2.74. The van der Waals surface area contributed by atoms with Crippen molar-refractivity contribution in [2.24, 2.45) is 0 Å². The highest BCUT2D eigenvalue weighted by Crippen LogP contribution is 2.11. The minimum atomic E-state index is 1.03. The van der Waals surface area contributed by atoms with Gasteiger partial charge in [0.05, 0.1) is 0 Å². The molecule has 2 rings (SSSR count). The van der Waals surface area contributed by atoms with Crippen LogP contribution in [0.3, 0.4) is 0 Å². The number of hydrogen-bond acceptors (Lipinski definition) is 1. The molecule has 0 aliphatic carbocycles. The SMILES string of the molecule is [c]1cc(Cc2ccccc2)cs1. The van der Waals surface area contributed by atoms with Crippen molar-refractivity contribution in [2.45, 2.75) is 6.42 Å². The third-order valence-electron chi connectivity index (χ3n) is 1.77. The molecule has 1 heterocycles. The molecule has 1 aromatic carbocycles. The lowest BCUT2D eigenvalue weighted by molar-refractivity contribution is 1.21. The van der Waals surface area contributed by atoms with Crippen LogP contribution in [0.1, 0.15) is 11.1 Å². The molecule has 0 atom stereocenters. The van der Waals surface area contributed by atoms with E-state index in [-0.39, 0.29) is 0 Å². The van der Waals surface area contributed by atoms with Crippen molar-refractivity contribution in [1.29, 1.82) is 0 Å². The predicted octanol–water partition coefficient (Wildman–Crippen LogP) is 3.14. The van der Waals surface area contributed by atoms with Gasteiger partial charge in [-0.3, -0.25) is 0 Å². The summed E-state index contributed by atoms with van der Waals surface area (Å²) in [6.45, 7) is 0. The van der Waals surface area contributed by atoms with Crippen LogP contribution in [0.15, 0.2) is 41.8 Å². The summed E-state index contributed by atoms with van der Waals surface area (Å²) in [5.41, 5.74) is 2.72. The third kappa shape index (κ3) is 1.74. The number of benzene rings is 1. The maximum atomic E-state index is 3.09. The molecule has 0 aliphatic rings. The van der Waals surface area contributed by atoms with Crippen molar-refractivity contribution in [3.63, 3.8) is 0 Å². The summed E-state index contributed by atoms with van der Waals surface area (Å²) in [5.74, 6) is 0. The van der Waals surface area contributed by atoms with Crippen LogP contribution in [0.5, 0.6) is 0 Å². The van der Waals surface area contributed by atoms with Gasteiger partial charge in [-0.05, 0) is 29.0 Å². The monoisotopic (exact) mass is 173 g/mol. The van der Waals surface area contributed by atoms with Crippen molar-refractivity contribution >= 4 is 11.3 Å². The van der Waals surface area contributed by atoms with E-state index >= 15 is 0 Å². The molecule has 0 saturated carbocycles. The lowest BCUT2D eigenvalue weighted by Crippen LogP contribution is -1.83. The molecule has 0 unspecified atom stereocenters. The Kier molecular flexibility index (Phi) is 2.23. The normalized spacial score (nSPS) is 10.0. The quantitative estimate of drug-likeness (QED) is 0.654. The van der Waals surface area contributed by atoms with E-state index in [0.29, 0.717) is 0 Å². The van der Waals surface area contributed by atoms with Gasteiger partial charge in [-0.2, -0.15) is 0 Å². The van der Waals surface area contributed by atoms with E-state index in [9.17, 15) is 0 Å². The molecule has 2 aromatic rings. The Balaban J connectivity index is 2.15. The van der Waals surface area contributed by atoms with Crippen LogP contribution in [0.25, 0.3) is 0 Å². The minimum absolute atomic E-state index is 1.03. The highest BCUT2D eigenvalue weighted by atomic mass is 32.1. The van der Waals surface area contributed by atoms with Gasteiger partial charge in [0, 0.05) is 5.38 Å². The zero-order chi connectivity index (χ0) is 8.23. The zero-order valence-corrected chi connectivity index (χ0v) is 7.47. The second kappa shape index (κ2) is 3.55. The van der Waals surface area contributed by atoms with Crippen molar-refractivity contribution < 1.29 is 0 Å². The van der Waals surface area contributed by atoms with Crippen molar-refractivity contribution in [3.05, 3.63) is 58.3 Å². The van der Waals surface area contributed by atoms with E-state index in [4.69, 9.17) is 0 Å². The molecule has 0 fully saturated rings. The highest BCUT2D eigenvalue weighted by Gasteiger charge is 1.94. The predicted molar refractivity (Wildman–Crippen MR) is 52.4 cm³/mol. The molecule has 12 heavy (non-hydrogen) atoms. The maximum absolute atomic E-state index is 3.09. The smallest absolute Gasteiger partial charge is 0.0445 e. The zero-order valence-electron chi connectivity index (χ0n) is 6.66. The Bertz CT molecular complexity index is 321. The van der Waals surface area contributed by atoms with Crippen molar-refractivity contribution in [1.82, 2.24) is 0 Å². The first-order valence-electron chi connectivity index (χ1n) is 3.92. The molecule has 0 spiro atoms. The van der Waals surface area contributed by atoms with Crippen LogP contribution >= 0.6 is 11.3 Å². The molecule has 0 N–H and O–H groups in total. The van der Waals surface area contributed by atoms with Crippen LogP contribution in [0.2, 0.25) is 0 Å². The summed E-state index contributed by atoms with van der Waals surface area (Å²) in [6, 6.07) is 12.5. The summed E-state index contributed by atoms with van der Waals surface area (Å²) in [4.78, 5) is 0. The van der Waals surface area contributed by atoms with Gasteiger partial charge >= 0.3 is 0 Å². The van der Waals surface area contributed by atoms with E-state index in [1.807, 2.05) is 6.07 Å². The van der Waals surface area contributed by atoms with Crippen LogP contribution in [-0.4, -0.2) is 0 Å². The number of thiophene rings is 1. The Morgan fingerprint density at radius 2 is 1.92 bits per heavy atom. The first-order chi connectivity index (χ1) is 5.95. The molecular formula is C11H9S. The minimum Gasteiger partial charge on any atom is -0.143 e. The average molecular weight is 173 g/mol. The van der Waals surface area contributed by atoms with Gasteiger partial charge in [-0.15, -0.1) is 11.3 Å². The summed E-state index contributed by atoms with van der Waals surface area (Å²) >= 11 is 1.63. The van der Waals surface area contributed by atoms with E-state index in [2.05, 4.69) is 41.1 Å². The third-order valence-corrected chi connectivity index (χ3v) is 2.45. The summed E-state index contributed by atoms with van der Waals surface area (Å²) in [7, 11) is 0. The van der Waals surface area contributed by atoms with Crippen molar-refractivity contribution in [2.75, 3.05) is 0 Å². The highest BCUT2D eigenvalue weighted by molar-refractivity contribution is 7.07. The number of hydrogen-bond donors (Lipinski definition) is 0. The van der Waals surface area contributed by atoms with Gasteiger partial charge in [0.1, 0.15) is 0 Å². The topological polar surface area (TPSA) is 0 Å². The molecule has 0 bridgehead atoms. The molecule has 1 radical (unpaired) electrons. The Morgan fingerprint density at radius 3 is 2.58 bits per heavy atom. The van der Waals surface area contributed by atoms with Crippen LogP contribution in [-0.2, 0) is 6.42 Å². The van der Waals surface area contributed by atoms with E-state index < -0.39 is 0 Å².